The maximum absolute atomic E-state index is 13.8. The van der Waals surface area contributed by atoms with E-state index in [0.29, 0.717) is 18.5 Å². The number of nitrogens with zero attached hydrogens (tertiary/aromatic N) is 6. The number of amidine groups is 1. The van der Waals surface area contributed by atoms with Crippen molar-refractivity contribution in [3.8, 4) is 5.69 Å². The Morgan fingerprint density at radius 3 is 2.67 bits per heavy atom. The first-order chi connectivity index (χ1) is 19.2. The van der Waals surface area contributed by atoms with E-state index in [1.165, 1.54) is 18.5 Å². The molecule has 4 aromatic rings. The fourth-order valence-corrected chi connectivity index (χ4v) is 7.48. The highest BCUT2D eigenvalue weighted by atomic mass is 19.1. The lowest BCUT2D eigenvalue weighted by Gasteiger charge is -2.51. The second-order valence-corrected chi connectivity index (χ2v) is 12.0. The van der Waals surface area contributed by atoms with Crippen molar-refractivity contribution in [2.24, 2.45) is 10.6 Å². The van der Waals surface area contributed by atoms with E-state index in [-0.39, 0.29) is 28.6 Å². The van der Waals surface area contributed by atoms with Crippen LogP contribution in [0, 0.1) is 18.2 Å². The molecular formula is C30H29FN6O3. The summed E-state index contributed by atoms with van der Waals surface area (Å²) in [6, 6.07) is 10.6. The summed E-state index contributed by atoms with van der Waals surface area (Å²) < 4.78 is 21.7. The molecule has 4 aliphatic rings. The molecule has 2 aromatic heterocycles. The molecule has 204 valence electrons. The number of oxime groups is 1. The van der Waals surface area contributed by atoms with Gasteiger partial charge in [-0.2, -0.15) is 0 Å². The van der Waals surface area contributed by atoms with E-state index in [0.717, 1.165) is 53.1 Å². The number of aryl methyl sites for hydroxylation is 1. The Labute approximate surface area is 230 Å². The van der Waals surface area contributed by atoms with Crippen LogP contribution in [-0.4, -0.2) is 55.2 Å². The summed E-state index contributed by atoms with van der Waals surface area (Å²) in [7, 11) is 1.92. The number of hydrogen-bond acceptors (Lipinski definition) is 7. The van der Waals surface area contributed by atoms with Crippen molar-refractivity contribution >= 4 is 22.8 Å². The quantitative estimate of drug-likeness (QED) is 0.369. The molecule has 4 unspecified atom stereocenters. The number of carbonyl (C=O) groups is 1. The number of halogens is 1. The monoisotopic (exact) mass is 540 g/mol. The summed E-state index contributed by atoms with van der Waals surface area (Å²) in [6.07, 6.45) is 8.20. The number of imidazole rings is 1. The van der Waals surface area contributed by atoms with E-state index in [4.69, 9.17) is 14.4 Å². The molecule has 0 bridgehead atoms. The topological polar surface area (TPSA) is 89.0 Å². The molecule has 2 spiro atoms. The van der Waals surface area contributed by atoms with Gasteiger partial charge >= 0.3 is 0 Å². The van der Waals surface area contributed by atoms with E-state index in [1.54, 1.807) is 18.5 Å². The first-order valence-electron chi connectivity index (χ1n) is 13.7. The molecule has 1 saturated carbocycles. The van der Waals surface area contributed by atoms with Gasteiger partial charge in [0.1, 0.15) is 11.3 Å². The molecule has 3 fully saturated rings. The lowest BCUT2D eigenvalue weighted by atomic mass is 9.75. The molecule has 8 rings (SSSR count). The van der Waals surface area contributed by atoms with Gasteiger partial charge in [-0.3, -0.25) is 4.79 Å². The highest BCUT2D eigenvalue weighted by Crippen LogP contribution is 2.69. The molecular weight excluding hydrogens is 511 g/mol. The maximum atomic E-state index is 13.8. The highest BCUT2D eigenvalue weighted by Gasteiger charge is 2.71. The standard InChI is InChI=1S/C30H29FN6O3/c1-18-13-36(16-32-18)23-9-8-21(25-26(23)39-17-33-25)22-12-30(22)14-29(11-10-24(38)35(29)3)15-37-27(30)34-40-28(37,2)19-4-6-20(31)7-5-19/h4-9,13,16-17,22H,10-12,14-15H2,1-3H3. The molecule has 4 atom stereocenters. The van der Waals surface area contributed by atoms with Gasteiger partial charge in [0.25, 0.3) is 0 Å². The summed E-state index contributed by atoms with van der Waals surface area (Å²) in [5.41, 5.74) is 3.69. The summed E-state index contributed by atoms with van der Waals surface area (Å²) in [6.45, 7) is 4.54. The van der Waals surface area contributed by atoms with Crippen LogP contribution in [0.2, 0.25) is 0 Å². The molecule has 2 saturated heterocycles. The van der Waals surface area contributed by atoms with E-state index in [2.05, 4.69) is 27.0 Å². The van der Waals surface area contributed by atoms with Crippen LogP contribution < -0.4 is 0 Å². The van der Waals surface area contributed by atoms with Gasteiger partial charge in [-0.05, 0) is 49.9 Å². The number of benzene rings is 2. The van der Waals surface area contributed by atoms with Crippen LogP contribution in [0.25, 0.3) is 16.8 Å². The van der Waals surface area contributed by atoms with Crippen molar-refractivity contribution in [1.82, 2.24) is 24.3 Å². The number of carbonyl (C=O) groups excluding carboxylic acids is 1. The van der Waals surface area contributed by atoms with Crippen LogP contribution in [0.4, 0.5) is 4.39 Å². The molecule has 40 heavy (non-hydrogen) atoms. The van der Waals surface area contributed by atoms with Crippen molar-refractivity contribution in [3.05, 3.63) is 78.0 Å². The number of likely N-dealkylation sites (N-methyl/N-ethyl adjacent to an activating group) is 1. The van der Waals surface area contributed by atoms with Gasteiger partial charge < -0.3 is 23.6 Å². The Hall–Kier alpha value is -4.21. The van der Waals surface area contributed by atoms with Crippen LogP contribution in [0.1, 0.15) is 55.3 Å². The molecule has 3 aliphatic heterocycles. The third-order valence-electron chi connectivity index (χ3n) is 9.83. The summed E-state index contributed by atoms with van der Waals surface area (Å²) in [4.78, 5) is 32.3. The fraction of sp³-hybridized carbons (Fsp3) is 0.400. The molecule has 10 heteroatoms. The summed E-state index contributed by atoms with van der Waals surface area (Å²) in [5.74, 6) is 0.886. The summed E-state index contributed by atoms with van der Waals surface area (Å²) >= 11 is 0. The Morgan fingerprint density at radius 1 is 1.12 bits per heavy atom. The van der Waals surface area contributed by atoms with Crippen molar-refractivity contribution in [3.63, 3.8) is 0 Å². The first-order valence-corrected chi connectivity index (χ1v) is 13.7. The normalized spacial score (nSPS) is 30.9. The number of piperidine rings is 1. The molecule has 0 N–H and O–H groups in total. The van der Waals surface area contributed by atoms with Crippen molar-refractivity contribution in [1.29, 1.82) is 0 Å². The predicted octanol–water partition coefficient (Wildman–Crippen LogP) is 4.85. The predicted molar refractivity (Wildman–Crippen MR) is 144 cm³/mol. The number of fused-ring (bicyclic) bond motifs is 3. The lowest BCUT2D eigenvalue weighted by molar-refractivity contribution is -0.135. The van der Waals surface area contributed by atoms with Crippen LogP contribution in [0.5, 0.6) is 0 Å². The molecule has 1 aliphatic carbocycles. The van der Waals surface area contributed by atoms with E-state index in [1.807, 2.05) is 36.6 Å². The van der Waals surface area contributed by atoms with Gasteiger partial charge in [-0.1, -0.05) is 23.4 Å². The number of likely N-dealkylation sites (tertiary alicyclic amines) is 1. The minimum Gasteiger partial charge on any atom is -0.441 e. The number of aromatic nitrogens is 3. The van der Waals surface area contributed by atoms with Gasteiger partial charge in [0.2, 0.25) is 11.6 Å². The van der Waals surface area contributed by atoms with Crippen molar-refractivity contribution < 1.29 is 18.4 Å². The Bertz CT molecular complexity index is 1730. The second kappa shape index (κ2) is 7.71. The third kappa shape index (κ3) is 3.01. The number of oxazole rings is 1. The molecule has 2 aromatic carbocycles. The number of amides is 1. The average molecular weight is 541 g/mol. The largest absolute Gasteiger partial charge is 0.441 e. The van der Waals surface area contributed by atoms with Gasteiger partial charge in [-0.25, -0.2) is 14.4 Å². The second-order valence-electron chi connectivity index (χ2n) is 12.0. The Kier molecular flexibility index (Phi) is 4.56. The minimum atomic E-state index is -0.907. The zero-order chi connectivity index (χ0) is 27.4. The maximum Gasteiger partial charge on any atom is 0.234 e. The van der Waals surface area contributed by atoms with Crippen LogP contribution >= 0.6 is 0 Å². The van der Waals surface area contributed by atoms with Gasteiger partial charge in [0.05, 0.1) is 23.2 Å². The van der Waals surface area contributed by atoms with Crippen molar-refractivity contribution in [2.75, 3.05) is 13.6 Å². The SMILES string of the molecule is Cc1cn(-c2ccc(C3CC34CC3(CCC(=O)N3C)CN3C4=NOC3(C)c3ccc(F)cc3)c3ncoc23)cn1. The van der Waals surface area contributed by atoms with Crippen LogP contribution in [0.3, 0.4) is 0 Å². The highest BCUT2D eigenvalue weighted by molar-refractivity contribution is 5.97. The van der Waals surface area contributed by atoms with E-state index in [9.17, 15) is 9.18 Å². The molecule has 5 heterocycles. The molecule has 1 amide bonds. The van der Waals surface area contributed by atoms with Crippen LogP contribution in [-0.2, 0) is 15.4 Å². The fourth-order valence-electron chi connectivity index (χ4n) is 7.48. The van der Waals surface area contributed by atoms with Gasteiger partial charge in [-0.15, -0.1) is 0 Å². The van der Waals surface area contributed by atoms with E-state index < -0.39 is 5.72 Å². The van der Waals surface area contributed by atoms with E-state index >= 15 is 0 Å². The van der Waals surface area contributed by atoms with Gasteiger partial charge in [0.15, 0.2) is 17.8 Å². The zero-order valence-corrected chi connectivity index (χ0v) is 22.6. The molecule has 0 radical (unpaired) electrons. The number of rotatable bonds is 3. The van der Waals surface area contributed by atoms with Crippen molar-refractivity contribution in [2.45, 2.75) is 56.7 Å². The Morgan fingerprint density at radius 2 is 1.95 bits per heavy atom. The van der Waals surface area contributed by atoms with Crippen LogP contribution in [0.15, 0.2) is 64.9 Å². The third-order valence-corrected chi connectivity index (χ3v) is 9.83. The zero-order valence-electron chi connectivity index (χ0n) is 22.6. The number of hydrogen-bond donors (Lipinski definition) is 0. The summed E-state index contributed by atoms with van der Waals surface area (Å²) in [5, 5.41) is 4.72. The molecule has 9 nitrogen and oxygen atoms in total. The lowest BCUT2D eigenvalue weighted by Crippen LogP contribution is -2.63. The minimum absolute atomic E-state index is 0.125. The first kappa shape index (κ1) is 23.7. The van der Waals surface area contributed by atoms with Gasteiger partial charge in [0, 0.05) is 50.0 Å². The smallest absolute Gasteiger partial charge is 0.234 e. The average Bonchev–Trinajstić information content (AvgIpc) is 3.40. The Balaban J connectivity index is 1.23.